The third-order valence-electron chi connectivity index (χ3n) is 4.18. The Hall–Kier alpha value is -1.92. The van der Waals surface area contributed by atoms with Crippen LogP contribution in [0.15, 0.2) is 35.2 Å². The van der Waals surface area contributed by atoms with Crippen molar-refractivity contribution in [3.05, 3.63) is 46.4 Å². The Morgan fingerprint density at radius 3 is 2.58 bits per heavy atom. The van der Waals surface area contributed by atoms with Gasteiger partial charge in [-0.05, 0) is 24.6 Å². The molecule has 5 nitrogen and oxygen atoms in total. The van der Waals surface area contributed by atoms with Gasteiger partial charge < -0.3 is 9.64 Å². The van der Waals surface area contributed by atoms with Gasteiger partial charge in [0.25, 0.3) is 0 Å². The first-order chi connectivity index (χ1) is 11.7. The molecule has 0 N–H and O–H groups in total. The lowest BCUT2D eigenvalue weighted by Gasteiger charge is -2.34. The summed E-state index contributed by atoms with van der Waals surface area (Å²) in [7, 11) is 0. The molecule has 24 heavy (non-hydrogen) atoms. The van der Waals surface area contributed by atoms with Crippen molar-refractivity contribution in [1.29, 1.82) is 0 Å². The van der Waals surface area contributed by atoms with Crippen molar-refractivity contribution in [2.24, 2.45) is 0 Å². The maximum atomic E-state index is 12.3. The molecule has 0 radical (unpaired) electrons. The van der Waals surface area contributed by atoms with Gasteiger partial charge in [0.05, 0.1) is 24.2 Å². The van der Waals surface area contributed by atoms with Crippen LogP contribution in [0.3, 0.4) is 0 Å². The van der Waals surface area contributed by atoms with Gasteiger partial charge >= 0.3 is 0 Å². The van der Waals surface area contributed by atoms with Crippen molar-refractivity contribution in [2.75, 3.05) is 32.8 Å². The second-order valence-electron chi connectivity index (χ2n) is 5.89. The lowest BCUT2D eigenvalue weighted by molar-refractivity contribution is -0.132. The highest BCUT2D eigenvalue weighted by atomic mass is 32.1. The fraction of sp³-hybridized carbons (Fsp3) is 0.444. The van der Waals surface area contributed by atoms with E-state index in [1.165, 1.54) is 16.9 Å². The number of benzene rings is 1. The number of hydrogen-bond donors (Lipinski definition) is 0. The number of rotatable bonds is 6. The van der Waals surface area contributed by atoms with Crippen LogP contribution >= 0.6 is 11.3 Å². The van der Waals surface area contributed by atoms with Crippen LogP contribution in [0, 0.1) is 0 Å². The van der Waals surface area contributed by atoms with E-state index in [9.17, 15) is 4.79 Å². The van der Waals surface area contributed by atoms with Crippen LogP contribution < -0.4 is 4.74 Å². The van der Waals surface area contributed by atoms with Crippen LogP contribution in [0.5, 0.6) is 5.75 Å². The Balaban J connectivity index is 1.45. The Bertz CT molecular complexity index is 635. The molecule has 0 spiro atoms. The molecular formula is C18H23N3O2S. The van der Waals surface area contributed by atoms with Crippen LogP contribution in [0.4, 0.5) is 0 Å². The first kappa shape index (κ1) is 16.9. The molecule has 0 bridgehead atoms. The third kappa shape index (κ3) is 4.55. The average molecular weight is 345 g/mol. The molecule has 0 unspecified atom stereocenters. The monoisotopic (exact) mass is 345 g/mol. The van der Waals surface area contributed by atoms with E-state index in [-0.39, 0.29) is 5.91 Å². The predicted octanol–water partition coefficient (Wildman–Crippen LogP) is 2.43. The summed E-state index contributed by atoms with van der Waals surface area (Å²) >= 11 is 1.53. The molecule has 1 aromatic heterocycles. The summed E-state index contributed by atoms with van der Waals surface area (Å²) in [4.78, 5) is 20.8. The van der Waals surface area contributed by atoms with Crippen LogP contribution in [-0.2, 0) is 17.8 Å². The number of carbonyl (C=O) groups excluding carboxylic acids is 1. The predicted molar refractivity (Wildman–Crippen MR) is 95.3 cm³/mol. The molecule has 1 amide bonds. The van der Waals surface area contributed by atoms with Crippen molar-refractivity contribution in [3.8, 4) is 5.75 Å². The van der Waals surface area contributed by atoms with Gasteiger partial charge in [-0.1, -0.05) is 12.1 Å². The van der Waals surface area contributed by atoms with Crippen molar-refractivity contribution in [1.82, 2.24) is 14.8 Å². The Labute approximate surface area is 146 Å². The fourth-order valence-corrected chi connectivity index (χ4v) is 3.42. The molecule has 0 atom stereocenters. The standard InChI is InChI=1S/C18H23N3O2S/c1-2-23-17-5-3-15(4-6-17)12-20-7-9-21(10-8-20)18(22)11-16-13-24-14-19-16/h3-6,13-14H,2,7-12H2,1H3. The summed E-state index contributed by atoms with van der Waals surface area (Å²) in [6.45, 7) is 7.01. The quantitative estimate of drug-likeness (QED) is 0.807. The summed E-state index contributed by atoms with van der Waals surface area (Å²) in [5.41, 5.74) is 3.93. The SMILES string of the molecule is CCOc1ccc(CN2CCN(C(=O)Cc3cscn3)CC2)cc1. The van der Waals surface area contributed by atoms with E-state index in [0.29, 0.717) is 13.0 Å². The summed E-state index contributed by atoms with van der Waals surface area (Å²) < 4.78 is 5.47. The normalized spacial score (nSPS) is 15.5. The molecule has 1 saturated heterocycles. The fourth-order valence-electron chi connectivity index (χ4n) is 2.86. The van der Waals surface area contributed by atoms with E-state index < -0.39 is 0 Å². The average Bonchev–Trinajstić information content (AvgIpc) is 3.10. The molecule has 2 heterocycles. The van der Waals surface area contributed by atoms with Gasteiger partial charge in [0.1, 0.15) is 5.75 Å². The zero-order valence-electron chi connectivity index (χ0n) is 14.0. The molecule has 0 aliphatic carbocycles. The second kappa shape index (κ2) is 8.26. The number of ether oxygens (including phenoxy) is 1. The number of amides is 1. The van der Waals surface area contributed by atoms with Crippen LogP contribution in [0.2, 0.25) is 0 Å². The van der Waals surface area contributed by atoms with Crippen LogP contribution in [0.1, 0.15) is 18.2 Å². The molecule has 1 aliphatic heterocycles. The molecule has 1 aliphatic rings. The second-order valence-corrected chi connectivity index (χ2v) is 6.61. The largest absolute Gasteiger partial charge is 0.494 e. The number of thiazole rings is 1. The van der Waals surface area contributed by atoms with Gasteiger partial charge in [-0.2, -0.15) is 0 Å². The maximum absolute atomic E-state index is 12.3. The first-order valence-electron chi connectivity index (χ1n) is 8.33. The Morgan fingerprint density at radius 2 is 1.96 bits per heavy atom. The zero-order chi connectivity index (χ0) is 16.8. The highest BCUT2D eigenvalue weighted by Crippen LogP contribution is 2.15. The maximum Gasteiger partial charge on any atom is 0.228 e. The van der Waals surface area contributed by atoms with E-state index in [2.05, 4.69) is 22.0 Å². The van der Waals surface area contributed by atoms with E-state index in [1.807, 2.05) is 29.3 Å². The Morgan fingerprint density at radius 1 is 1.21 bits per heavy atom. The number of nitrogens with zero attached hydrogens (tertiary/aromatic N) is 3. The summed E-state index contributed by atoms with van der Waals surface area (Å²) in [5.74, 6) is 1.10. The van der Waals surface area contributed by atoms with Gasteiger partial charge in [-0.3, -0.25) is 9.69 Å². The van der Waals surface area contributed by atoms with Crippen molar-refractivity contribution in [3.63, 3.8) is 0 Å². The Kier molecular flexibility index (Phi) is 5.82. The van der Waals surface area contributed by atoms with Gasteiger partial charge in [-0.25, -0.2) is 4.98 Å². The lowest BCUT2D eigenvalue weighted by Crippen LogP contribution is -2.48. The summed E-state index contributed by atoms with van der Waals surface area (Å²) in [6.07, 6.45) is 0.419. The smallest absolute Gasteiger partial charge is 0.228 e. The number of carbonyl (C=O) groups is 1. The van der Waals surface area contributed by atoms with E-state index in [4.69, 9.17) is 4.74 Å². The highest BCUT2D eigenvalue weighted by Gasteiger charge is 2.21. The third-order valence-corrected chi connectivity index (χ3v) is 4.82. The minimum absolute atomic E-state index is 0.182. The topological polar surface area (TPSA) is 45.7 Å². The molecular weight excluding hydrogens is 322 g/mol. The van der Waals surface area contributed by atoms with Gasteiger partial charge in [0, 0.05) is 38.1 Å². The molecule has 1 fully saturated rings. The van der Waals surface area contributed by atoms with Gasteiger partial charge in [0.15, 0.2) is 0 Å². The van der Waals surface area contributed by atoms with E-state index >= 15 is 0 Å². The first-order valence-corrected chi connectivity index (χ1v) is 9.28. The minimum atomic E-state index is 0.182. The molecule has 1 aromatic carbocycles. The molecule has 0 saturated carbocycles. The van der Waals surface area contributed by atoms with Gasteiger partial charge in [0.2, 0.25) is 5.91 Å². The molecule has 128 valence electrons. The van der Waals surface area contributed by atoms with Gasteiger partial charge in [-0.15, -0.1) is 11.3 Å². The number of hydrogen-bond acceptors (Lipinski definition) is 5. The van der Waals surface area contributed by atoms with Crippen molar-refractivity contribution >= 4 is 17.2 Å². The van der Waals surface area contributed by atoms with E-state index in [0.717, 1.165) is 44.2 Å². The molecule has 2 aromatic rings. The minimum Gasteiger partial charge on any atom is -0.494 e. The summed E-state index contributed by atoms with van der Waals surface area (Å²) in [5, 5.41) is 1.94. The highest BCUT2D eigenvalue weighted by molar-refractivity contribution is 7.07. The zero-order valence-corrected chi connectivity index (χ0v) is 14.8. The number of aromatic nitrogens is 1. The van der Waals surface area contributed by atoms with Crippen molar-refractivity contribution in [2.45, 2.75) is 19.9 Å². The van der Waals surface area contributed by atoms with Crippen LogP contribution in [0.25, 0.3) is 0 Å². The molecule has 6 heteroatoms. The van der Waals surface area contributed by atoms with E-state index in [1.54, 1.807) is 5.51 Å². The van der Waals surface area contributed by atoms with Crippen molar-refractivity contribution < 1.29 is 9.53 Å². The van der Waals surface area contributed by atoms with Crippen LogP contribution in [-0.4, -0.2) is 53.5 Å². The molecule has 3 rings (SSSR count). The lowest BCUT2D eigenvalue weighted by atomic mass is 10.2. The number of piperazine rings is 1. The summed E-state index contributed by atoms with van der Waals surface area (Å²) in [6, 6.07) is 8.27.